The number of hydrogen-bond donors (Lipinski definition) is 2. The maximum atomic E-state index is 12.3. The summed E-state index contributed by atoms with van der Waals surface area (Å²) in [6.45, 7) is 0.0943. The van der Waals surface area contributed by atoms with Gasteiger partial charge in [0.25, 0.3) is 0 Å². The Morgan fingerprint density at radius 3 is 2.56 bits per heavy atom. The number of benzene rings is 2. The number of carbonyl (C=O) groups excluding carboxylic acids is 2. The molecule has 0 spiro atoms. The summed E-state index contributed by atoms with van der Waals surface area (Å²) in [6.07, 6.45) is -2.02. The molecule has 2 aromatic rings. The molecule has 5 nitrogen and oxygen atoms in total. The fraction of sp³-hybridized carbons (Fsp3) is 0.158. The first-order chi connectivity index (χ1) is 12.8. The highest BCUT2D eigenvalue weighted by atomic mass is 19.4. The average Bonchev–Trinajstić information content (AvgIpc) is 2.64. The van der Waals surface area contributed by atoms with E-state index in [1.165, 1.54) is 24.3 Å². The van der Waals surface area contributed by atoms with Crippen LogP contribution in [0.1, 0.15) is 11.1 Å². The number of ether oxygens (including phenoxy) is 1. The molecule has 2 rings (SSSR count). The van der Waals surface area contributed by atoms with Crippen LogP contribution >= 0.6 is 0 Å². The summed E-state index contributed by atoms with van der Waals surface area (Å²) in [5.41, 5.74) is 1.32. The van der Waals surface area contributed by atoms with Gasteiger partial charge < -0.3 is 15.4 Å². The summed E-state index contributed by atoms with van der Waals surface area (Å²) in [4.78, 5) is 22.8. The minimum Gasteiger partial charge on any atom is -0.497 e. The predicted octanol–water partition coefficient (Wildman–Crippen LogP) is 3.53. The van der Waals surface area contributed by atoms with Crippen LogP contribution < -0.4 is 15.4 Å². The van der Waals surface area contributed by atoms with Crippen LogP contribution in [-0.4, -0.2) is 25.1 Å². The molecule has 0 heterocycles. The van der Waals surface area contributed by atoms with E-state index in [9.17, 15) is 22.8 Å². The zero-order valence-corrected chi connectivity index (χ0v) is 14.3. The van der Waals surface area contributed by atoms with Crippen molar-refractivity contribution < 1.29 is 27.5 Å². The van der Waals surface area contributed by atoms with Crippen molar-refractivity contribution in [3.8, 4) is 5.75 Å². The third kappa shape index (κ3) is 6.50. The molecule has 142 valence electrons. The highest BCUT2D eigenvalue weighted by Crippen LogP contribution is 2.19. The molecule has 27 heavy (non-hydrogen) atoms. The molecule has 0 aliphatic heterocycles. The van der Waals surface area contributed by atoms with Gasteiger partial charge in [0.05, 0.1) is 7.11 Å². The summed E-state index contributed by atoms with van der Waals surface area (Å²) >= 11 is 0. The van der Waals surface area contributed by atoms with E-state index >= 15 is 0 Å². The van der Waals surface area contributed by atoms with E-state index in [1.807, 2.05) is 0 Å². The van der Waals surface area contributed by atoms with Crippen molar-refractivity contribution in [3.05, 3.63) is 65.7 Å². The Morgan fingerprint density at radius 2 is 1.85 bits per heavy atom. The Morgan fingerprint density at radius 1 is 1.11 bits per heavy atom. The van der Waals surface area contributed by atoms with Crippen molar-refractivity contribution in [1.29, 1.82) is 0 Å². The first-order valence-corrected chi connectivity index (χ1v) is 7.85. The molecule has 0 saturated carbocycles. The summed E-state index contributed by atoms with van der Waals surface area (Å²) in [5, 5.41) is 4.38. The molecular formula is C19H17F3N2O3. The van der Waals surface area contributed by atoms with Gasteiger partial charge in [0, 0.05) is 18.3 Å². The Balaban J connectivity index is 1.92. The molecule has 0 saturated heterocycles. The van der Waals surface area contributed by atoms with Crippen molar-refractivity contribution in [3.63, 3.8) is 0 Å². The predicted molar refractivity (Wildman–Crippen MR) is 95.0 cm³/mol. The normalized spacial score (nSPS) is 11.3. The number of nitrogens with one attached hydrogen (secondary N) is 2. The fourth-order valence-corrected chi connectivity index (χ4v) is 2.13. The second-order valence-corrected chi connectivity index (χ2v) is 5.48. The van der Waals surface area contributed by atoms with Gasteiger partial charge in [-0.15, -0.1) is 0 Å². The lowest BCUT2D eigenvalue weighted by Crippen LogP contribution is -2.30. The number of methoxy groups -OCH3 is 1. The summed E-state index contributed by atoms with van der Waals surface area (Å²) in [5.74, 6) is -1.76. The van der Waals surface area contributed by atoms with Gasteiger partial charge in [0.1, 0.15) is 5.75 Å². The minimum atomic E-state index is -4.96. The summed E-state index contributed by atoms with van der Waals surface area (Å²) < 4.78 is 41.9. The van der Waals surface area contributed by atoms with E-state index < -0.39 is 12.1 Å². The SMILES string of the molecule is COc1cccc(/C=C/C(=O)NCc2cccc(NC(=O)C(F)(F)F)c2)c1. The van der Waals surface area contributed by atoms with Crippen LogP contribution in [0.4, 0.5) is 18.9 Å². The van der Waals surface area contributed by atoms with E-state index in [-0.39, 0.29) is 18.1 Å². The number of amides is 2. The van der Waals surface area contributed by atoms with E-state index in [2.05, 4.69) is 5.32 Å². The van der Waals surface area contributed by atoms with Crippen molar-refractivity contribution in [2.75, 3.05) is 12.4 Å². The van der Waals surface area contributed by atoms with Gasteiger partial charge in [-0.25, -0.2) is 0 Å². The standard InChI is InChI=1S/C19H17F3N2O3/c1-27-16-7-3-4-13(11-16)8-9-17(25)23-12-14-5-2-6-15(10-14)24-18(26)19(20,21)22/h2-11H,12H2,1H3,(H,23,25)(H,24,26)/b9-8+. The van der Waals surface area contributed by atoms with Crippen LogP contribution in [0, 0.1) is 0 Å². The molecule has 0 bridgehead atoms. The lowest BCUT2D eigenvalue weighted by molar-refractivity contribution is -0.167. The van der Waals surface area contributed by atoms with Crippen molar-refractivity contribution in [1.82, 2.24) is 5.32 Å². The molecular weight excluding hydrogens is 361 g/mol. The van der Waals surface area contributed by atoms with Crippen LogP contribution in [0.5, 0.6) is 5.75 Å². The fourth-order valence-electron chi connectivity index (χ4n) is 2.13. The van der Waals surface area contributed by atoms with Crippen LogP contribution in [-0.2, 0) is 16.1 Å². The molecule has 0 aromatic heterocycles. The molecule has 8 heteroatoms. The van der Waals surface area contributed by atoms with E-state index in [1.54, 1.807) is 48.8 Å². The molecule has 0 aliphatic rings. The third-order valence-corrected chi connectivity index (χ3v) is 3.43. The van der Waals surface area contributed by atoms with E-state index in [0.717, 1.165) is 5.56 Å². The number of hydrogen-bond acceptors (Lipinski definition) is 3. The lowest BCUT2D eigenvalue weighted by Gasteiger charge is -2.09. The number of rotatable bonds is 6. The molecule has 0 fully saturated rings. The van der Waals surface area contributed by atoms with Gasteiger partial charge >= 0.3 is 12.1 Å². The summed E-state index contributed by atoms with van der Waals surface area (Å²) in [7, 11) is 1.54. The van der Waals surface area contributed by atoms with E-state index in [0.29, 0.717) is 11.3 Å². The van der Waals surface area contributed by atoms with Crippen LogP contribution in [0.2, 0.25) is 0 Å². The first kappa shape index (κ1) is 20.0. The second-order valence-electron chi connectivity index (χ2n) is 5.48. The maximum absolute atomic E-state index is 12.3. The largest absolute Gasteiger partial charge is 0.497 e. The Kier molecular flexibility index (Phi) is 6.59. The molecule has 0 radical (unpaired) electrons. The van der Waals surface area contributed by atoms with Gasteiger partial charge in [-0.3, -0.25) is 9.59 Å². The first-order valence-electron chi connectivity index (χ1n) is 7.85. The molecule has 0 unspecified atom stereocenters. The Bertz CT molecular complexity index is 848. The van der Waals surface area contributed by atoms with Crippen LogP contribution in [0.25, 0.3) is 6.08 Å². The van der Waals surface area contributed by atoms with Gasteiger partial charge in [0.15, 0.2) is 0 Å². The zero-order chi connectivity index (χ0) is 19.9. The van der Waals surface area contributed by atoms with Gasteiger partial charge in [-0.2, -0.15) is 13.2 Å². The molecule has 0 atom stereocenters. The Hall–Kier alpha value is -3.29. The second kappa shape index (κ2) is 8.88. The number of anilines is 1. The third-order valence-electron chi connectivity index (χ3n) is 3.43. The van der Waals surface area contributed by atoms with Gasteiger partial charge in [0.2, 0.25) is 5.91 Å². The van der Waals surface area contributed by atoms with Gasteiger partial charge in [-0.1, -0.05) is 24.3 Å². The van der Waals surface area contributed by atoms with Crippen molar-refractivity contribution in [2.45, 2.75) is 12.7 Å². The maximum Gasteiger partial charge on any atom is 0.471 e. The average molecular weight is 378 g/mol. The highest BCUT2D eigenvalue weighted by molar-refractivity contribution is 5.95. The highest BCUT2D eigenvalue weighted by Gasteiger charge is 2.38. The lowest BCUT2D eigenvalue weighted by atomic mass is 10.2. The smallest absolute Gasteiger partial charge is 0.471 e. The number of halogens is 3. The van der Waals surface area contributed by atoms with Gasteiger partial charge in [-0.05, 0) is 41.5 Å². The summed E-state index contributed by atoms with van der Waals surface area (Å²) in [6, 6.07) is 12.9. The Labute approximate surface area is 153 Å². The number of alkyl halides is 3. The van der Waals surface area contributed by atoms with Crippen molar-refractivity contribution in [2.24, 2.45) is 0 Å². The topological polar surface area (TPSA) is 67.4 Å². The minimum absolute atomic E-state index is 0.00371. The molecule has 0 aliphatic carbocycles. The van der Waals surface area contributed by atoms with E-state index in [4.69, 9.17) is 4.74 Å². The molecule has 2 amide bonds. The molecule has 2 N–H and O–H groups in total. The zero-order valence-electron chi connectivity index (χ0n) is 14.3. The molecule has 2 aromatic carbocycles. The monoisotopic (exact) mass is 378 g/mol. The van der Waals surface area contributed by atoms with Crippen LogP contribution in [0.15, 0.2) is 54.6 Å². The number of carbonyl (C=O) groups is 2. The van der Waals surface area contributed by atoms with Crippen LogP contribution in [0.3, 0.4) is 0 Å². The quantitative estimate of drug-likeness (QED) is 0.756. The van der Waals surface area contributed by atoms with Crippen molar-refractivity contribution >= 4 is 23.6 Å².